The van der Waals surface area contributed by atoms with Gasteiger partial charge in [0.2, 0.25) is 0 Å². The van der Waals surface area contributed by atoms with Gasteiger partial charge in [-0.2, -0.15) is 0 Å². The van der Waals surface area contributed by atoms with Crippen LogP contribution in [0.4, 0.5) is 0 Å². The Kier molecular flexibility index (Phi) is 7.92. The number of rotatable bonds is 8. The Labute approximate surface area is 123 Å². The Morgan fingerprint density at radius 1 is 1.35 bits per heavy atom. The maximum absolute atomic E-state index is 5.75. The van der Waals surface area contributed by atoms with Gasteiger partial charge in [0.1, 0.15) is 0 Å². The molecule has 0 aromatic rings. The van der Waals surface area contributed by atoms with Gasteiger partial charge in [0.25, 0.3) is 0 Å². The first-order valence-corrected chi connectivity index (χ1v) is 7.72. The molecule has 1 heterocycles. The molecule has 5 heteroatoms. The van der Waals surface area contributed by atoms with Gasteiger partial charge in [0, 0.05) is 33.4 Å². The Morgan fingerprint density at radius 2 is 2.15 bits per heavy atom. The second kappa shape index (κ2) is 9.19. The molecule has 1 fully saturated rings. The van der Waals surface area contributed by atoms with E-state index in [1.807, 2.05) is 0 Å². The minimum Gasteiger partial charge on any atom is -0.380 e. The normalized spacial score (nSPS) is 23.4. The fourth-order valence-electron chi connectivity index (χ4n) is 2.13. The molecule has 1 unspecified atom stereocenters. The summed E-state index contributed by atoms with van der Waals surface area (Å²) in [5.74, 6) is 1.51. The zero-order chi connectivity index (χ0) is 14.8. The fourth-order valence-corrected chi connectivity index (χ4v) is 2.13. The quantitative estimate of drug-likeness (QED) is 0.405. The van der Waals surface area contributed by atoms with E-state index in [2.05, 4.69) is 36.4 Å². The van der Waals surface area contributed by atoms with E-state index in [0.717, 1.165) is 51.5 Å². The third-order valence-corrected chi connectivity index (χ3v) is 3.53. The van der Waals surface area contributed by atoms with Crippen LogP contribution in [0.2, 0.25) is 0 Å². The van der Waals surface area contributed by atoms with Gasteiger partial charge in [-0.3, -0.25) is 4.99 Å². The lowest BCUT2D eigenvalue weighted by atomic mass is 10.0. The van der Waals surface area contributed by atoms with Gasteiger partial charge < -0.3 is 20.1 Å². The molecule has 5 nitrogen and oxygen atoms in total. The van der Waals surface area contributed by atoms with Gasteiger partial charge in [-0.15, -0.1) is 0 Å². The number of hydrogen-bond donors (Lipinski definition) is 2. The highest BCUT2D eigenvalue weighted by Gasteiger charge is 2.29. The van der Waals surface area contributed by atoms with Crippen molar-refractivity contribution in [3.63, 3.8) is 0 Å². The predicted octanol–water partition coefficient (Wildman–Crippen LogP) is 1.78. The molecule has 0 aromatic carbocycles. The molecule has 0 radical (unpaired) electrons. The van der Waals surface area contributed by atoms with Gasteiger partial charge in [0.15, 0.2) is 5.96 Å². The Balaban J connectivity index is 2.08. The number of nitrogens with one attached hydrogen (secondary N) is 2. The maximum Gasteiger partial charge on any atom is 0.191 e. The van der Waals surface area contributed by atoms with E-state index >= 15 is 0 Å². The van der Waals surface area contributed by atoms with Crippen LogP contribution in [-0.2, 0) is 9.47 Å². The fraction of sp³-hybridized carbons (Fsp3) is 0.933. The molecule has 0 bridgehead atoms. The average molecular weight is 285 g/mol. The third kappa shape index (κ3) is 7.10. The summed E-state index contributed by atoms with van der Waals surface area (Å²) in [7, 11) is 1.78. The van der Waals surface area contributed by atoms with Crippen molar-refractivity contribution in [3.05, 3.63) is 0 Å². The first-order chi connectivity index (χ1) is 9.56. The van der Waals surface area contributed by atoms with Gasteiger partial charge in [-0.1, -0.05) is 13.8 Å². The Bertz CT molecular complexity index is 287. The molecule has 20 heavy (non-hydrogen) atoms. The van der Waals surface area contributed by atoms with E-state index in [1.165, 1.54) is 0 Å². The first kappa shape index (κ1) is 17.2. The molecule has 1 saturated heterocycles. The van der Waals surface area contributed by atoms with Crippen LogP contribution in [0.5, 0.6) is 0 Å². The molecule has 1 rings (SSSR count). The highest BCUT2D eigenvalue weighted by atomic mass is 16.5. The predicted molar refractivity (Wildman–Crippen MR) is 83.2 cm³/mol. The van der Waals surface area contributed by atoms with Crippen molar-refractivity contribution >= 4 is 5.96 Å². The minimum atomic E-state index is -0.0502. The van der Waals surface area contributed by atoms with E-state index in [1.54, 1.807) is 7.05 Å². The number of aliphatic imine (C=N–C) groups is 1. The minimum absolute atomic E-state index is 0.0502. The summed E-state index contributed by atoms with van der Waals surface area (Å²) in [5.41, 5.74) is -0.0502. The zero-order valence-electron chi connectivity index (χ0n) is 13.5. The van der Waals surface area contributed by atoms with Crippen molar-refractivity contribution in [1.29, 1.82) is 0 Å². The summed E-state index contributed by atoms with van der Waals surface area (Å²) >= 11 is 0. The van der Waals surface area contributed by atoms with Crippen molar-refractivity contribution in [3.8, 4) is 0 Å². The van der Waals surface area contributed by atoms with Crippen LogP contribution < -0.4 is 10.6 Å². The molecule has 0 saturated carbocycles. The van der Waals surface area contributed by atoms with E-state index in [9.17, 15) is 0 Å². The summed E-state index contributed by atoms with van der Waals surface area (Å²) in [4.78, 5) is 4.21. The summed E-state index contributed by atoms with van der Waals surface area (Å²) in [6.45, 7) is 10.5. The Hall–Kier alpha value is -0.810. The second-order valence-electron chi connectivity index (χ2n) is 6.05. The van der Waals surface area contributed by atoms with Gasteiger partial charge in [-0.25, -0.2) is 0 Å². The summed E-state index contributed by atoms with van der Waals surface area (Å²) in [6.07, 6.45) is 3.37. The molecule has 1 atom stereocenters. The van der Waals surface area contributed by atoms with Crippen molar-refractivity contribution in [2.24, 2.45) is 10.9 Å². The molecule has 2 N–H and O–H groups in total. The van der Waals surface area contributed by atoms with E-state index in [4.69, 9.17) is 9.47 Å². The van der Waals surface area contributed by atoms with Crippen LogP contribution >= 0.6 is 0 Å². The number of nitrogens with zero attached hydrogens (tertiary/aromatic N) is 1. The van der Waals surface area contributed by atoms with Gasteiger partial charge in [-0.05, 0) is 32.1 Å². The molecule has 1 aliphatic rings. The van der Waals surface area contributed by atoms with Crippen molar-refractivity contribution in [2.75, 3.05) is 40.0 Å². The van der Waals surface area contributed by atoms with Gasteiger partial charge >= 0.3 is 0 Å². The van der Waals surface area contributed by atoms with Crippen molar-refractivity contribution < 1.29 is 9.47 Å². The summed E-state index contributed by atoms with van der Waals surface area (Å²) < 4.78 is 11.3. The molecule has 0 spiro atoms. The smallest absolute Gasteiger partial charge is 0.191 e. The standard InChI is InChI=1S/C15H31N3O2/c1-13(2)6-10-19-11-8-17-14(16-4)18-12-15(3)7-5-9-20-15/h13H,5-12H2,1-4H3,(H2,16,17,18). The van der Waals surface area contributed by atoms with Crippen LogP contribution in [-0.4, -0.2) is 51.5 Å². The topological polar surface area (TPSA) is 54.9 Å². The molecule has 118 valence electrons. The highest BCUT2D eigenvalue weighted by Crippen LogP contribution is 2.23. The highest BCUT2D eigenvalue weighted by molar-refractivity contribution is 5.79. The average Bonchev–Trinajstić information content (AvgIpc) is 2.84. The number of hydrogen-bond acceptors (Lipinski definition) is 3. The molecule has 0 aromatic heterocycles. The lowest BCUT2D eigenvalue weighted by Gasteiger charge is -2.24. The molecule has 1 aliphatic heterocycles. The SMILES string of the molecule is CN=C(NCCOCCC(C)C)NCC1(C)CCCO1. The molecular formula is C15H31N3O2. The number of ether oxygens (including phenoxy) is 2. The van der Waals surface area contributed by atoms with Crippen LogP contribution in [0, 0.1) is 5.92 Å². The van der Waals surface area contributed by atoms with Crippen LogP contribution in [0.25, 0.3) is 0 Å². The van der Waals surface area contributed by atoms with Crippen molar-refractivity contribution in [1.82, 2.24) is 10.6 Å². The molecule has 0 aliphatic carbocycles. The van der Waals surface area contributed by atoms with Crippen LogP contribution in [0.3, 0.4) is 0 Å². The zero-order valence-corrected chi connectivity index (χ0v) is 13.5. The lowest BCUT2D eigenvalue weighted by Crippen LogP contribution is -2.46. The monoisotopic (exact) mass is 285 g/mol. The van der Waals surface area contributed by atoms with Crippen LogP contribution in [0.15, 0.2) is 4.99 Å². The van der Waals surface area contributed by atoms with E-state index in [0.29, 0.717) is 12.5 Å². The first-order valence-electron chi connectivity index (χ1n) is 7.72. The lowest BCUT2D eigenvalue weighted by molar-refractivity contribution is 0.0242. The largest absolute Gasteiger partial charge is 0.380 e. The third-order valence-electron chi connectivity index (χ3n) is 3.53. The second-order valence-corrected chi connectivity index (χ2v) is 6.05. The Morgan fingerprint density at radius 3 is 2.75 bits per heavy atom. The molecule has 0 amide bonds. The van der Waals surface area contributed by atoms with Crippen LogP contribution in [0.1, 0.15) is 40.0 Å². The number of guanidine groups is 1. The van der Waals surface area contributed by atoms with Gasteiger partial charge in [0.05, 0.1) is 12.2 Å². The summed E-state index contributed by atoms with van der Waals surface area (Å²) in [6, 6.07) is 0. The van der Waals surface area contributed by atoms with Crippen molar-refractivity contribution in [2.45, 2.75) is 45.6 Å². The van der Waals surface area contributed by atoms with E-state index < -0.39 is 0 Å². The molecular weight excluding hydrogens is 254 g/mol. The maximum atomic E-state index is 5.75. The summed E-state index contributed by atoms with van der Waals surface area (Å²) in [5, 5.41) is 6.58. The van der Waals surface area contributed by atoms with E-state index in [-0.39, 0.29) is 5.60 Å².